The van der Waals surface area contributed by atoms with E-state index in [-0.39, 0.29) is 11.2 Å². The maximum absolute atomic E-state index is 12.5. The number of carbonyl (C=O) groups excluding carboxylic acids is 1. The molecule has 3 rings (SSSR count). The van der Waals surface area contributed by atoms with E-state index in [4.69, 9.17) is 0 Å². The number of hydrogen-bond donors (Lipinski definition) is 0. The molecule has 1 atom stereocenters. The van der Waals surface area contributed by atoms with Gasteiger partial charge in [0.15, 0.2) is 0 Å². The highest BCUT2D eigenvalue weighted by Gasteiger charge is 2.27. The Morgan fingerprint density at radius 3 is 3.26 bits per heavy atom. The van der Waals surface area contributed by atoms with Crippen LogP contribution in [0.15, 0.2) is 16.4 Å². The molecular formula is C13H16N2OS3. The summed E-state index contributed by atoms with van der Waals surface area (Å²) in [6.45, 7) is 4.53. The fourth-order valence-corrected chi connectivity index (χ4v) is 5.38. The van der Waals surface area contributed by atoms with Gasteiger partial charge in [0.25, 0.3) is 0 Å². The summed E-state index contributed by atoms with van der Waals surface area (Å²) in [6, 6.07) is 2.15. The Labute approximate surface area is 125 Å². The van der Waals surface area contributed by atoms with Crippen LogP contribution in [-0.4, -0.2) is 39.3 Å². The van der Waals surface area contributed by atoms with Crippen LogP contribution in [0.1, 0.15) is 17.4 Å². The molecule has 3 heterocycles. The van der Waals surface area contributed by atoms with Crippen molar-refractivity contribution in [3.8, 4) is 0 Å². The van der Waals surface area contributed by atoms with Gasteiger partial charge in [-0.15, -0.1) is 11.3 Å². The number of hydrogen-bond acceptors (Lipinski definition) is 5. The van der Waals surface area contributed by atoms with Crippen molar-refractivity contribution in [2.45, 2.75) is 25.1 Å². The molecule has 1 aromatic heterocycles. The van der Waals surface area contributed by atoms with Crippen molar-refractivity contribution in [2.24, 2.45) is 4.99 Å². The van der Waals surface area contributed by atoms with Gasteiger partial charge >= 0.3 is 0 Å². The molecule has 6 heteroatoms. The number of nitrogens with zero attached hydrogens (tertiary/aromatic N) is 2. The Hall–Kier alpha value is -0.460. The first-order valence-corrected chi connectivity index (χ1v) is 9.16. The summed E-state index contributed by atoms with van der Waals surface area (Å²) >= 11 is 5.19. The zero-order chi connectivity index (χ0) is 13.2. The fraction of sp³-hybridized carbons (Fsp3) is 0.538. The molecule has 2 aliphatic rings. The van der Waals surface area contributed by atoms with Crippen molar-refractivity contribution in [3.63, 3.8) is 0 Å². The van der Waals surface area contributed by atoms with E-state index in [0.717, 1.165) is 36.2 Å². The van der Waals surface area contributed by atoms with Crippen LogP contribution in [0, 0.1) is 0 Å². The molecule has 1 amide bonds. The van der Waals surface area contributed by atoms with E-state index in [9.17, 15) is 4.79 Å². The molecule has 1 unspecified atom stereocenters. The molecule has 0 radical (unpaired) electrons. The minimum Gasteiger partial charge on any atom is -0.337 e. The number of rotatable bonds is 2. The van der Waals surface area contributed by atoms with Gasteiger partial charge in [-0.25, -0.2) is 0 Å². The molecule has 0 spiro atoms. The second kappa shape index (κ2) is 5.89. The van der Waals surface area contributed by atoms with Crippen LogP contribution in [0.5, 0.6) is 0 Å². The monoisotopic (exact) mass is 312 g/mol. The van der Waals surface area contributed by atoms with E-state index in [1.54, 1.807) is 23.5 Å². The molecule has 0 saturated heterocycles. The lowest BCUT2D eigenvalue weighted by molar-refractivity contribution is -0.131. The molecule has 102 valence electrons. The smallest absolute Gasteiger partial charge is 0.236 e. The number of aliphatic imine (C=N–C) groups is 1. The lowest BCUT2D eigenvalue weighted by atomic mass is 10.1. The van der Waals surface area contributed by atoms with E-state index in [0.29, 0.717) is 0 Å². The predicted octanol–water partition coefficient (Wildman–Crippen LogP) is 2.86. The summed E-state index contributed by atoms with van der Waals surface area (Å²) in [5.41, 5.74) is 1.33. The van der Waals surface area contributed by atoms with Gasteiger partial charge in [0.05, 0.1) is 11.8 Å². The Kier molecular flexibility index (Phi) is 4.19. The van der Waals surface area contributed by atoms with Crippen molar-refractivity contribution < 1.29 is 4.79 Å². The van der Waals surface area contributed by atoms with Crippen LogP contribution >= 0.6 is 34.9 Å². The summed E-state index contributed by atoms with van der Waals surface area (Å²) in [6.07, 6.45) is 1.01. The number of carbonyl (C=O) groups is 1. The minimum atomic E-state index is -0.0236. The lowest BCUT2D eigenvalue weighted by Crippen LogP contribution is -2.39. The van der Waals surface area contributed by atoms with Crippen molar-refractivity contribution in [1.29, 1.82) is 0 Å². The summed E-state index contributed by atoms with van der Waals surface area (Å²) in [7, 11) is 0. The summed E-state index contributed by atoms with van der Waals surface area (Å²) in [5.74, 6) is 1.31. The first-order chi connectivity index (χ1) is 9.24. The van der Waals surface area contributed by atoms with Crippen molar-refractivity contribution in [2.75, 3.05) is 18.8 Å². The first kappa shape index (κ1) is 13.5. The van der Waals surface area contributed by atoms with Gasteiger partial charge in [-0.1, -0.05) is 23.5 Å². The highest BCUT2D eigenvalue weighted by molar-refractivity contribution is 8.39. The highest BCUT2D eigenvalue weighted by Crippen LogP contribution is 2.29. The van der Waals surface area contributed by atoms with Crippen LogP contribution in [-0.2, 0) is 17.8 Å². The summed E-state index contributed by atoms with van der Waals surface area (Å²) < 4.78 is 1.08. The van der Waals surface area contributed by atoms with E-state index < -0.39 is 0 Å². The van der Waals surface area contributed by atoms with Crippen LogP contribution in [0.25, 0.3) is 0 Å². The van der Waals surface area contributed by atoms with Crippen LogP contribution < -0.4 is 0 Å². The summed E-state index contributed by atoms with van der Waals surface area (Å²) in [4.78, 5) is 20.3. The zero-order valence-corrected chi connectivity index (χ0v) is 13.2. The van der Waals surface area contributed by atoms with Gasteiger partial charge in [-0.05, 0) is 30.4 Å². The van der Waals surface area contributed by atoms with E-state index in [2.05, 4.69) is 16.4 Å². The van der Waals surface area contributed by atoms with E-state index >= 15 is 0 Å². The number of fused-ring (bicyclic) bond motifs is 1. The van der Waals surface area contributed by atoms with E-state index in [1.807, 2.05) is 23.2 Å². The Bertz CT molecular complexity index is 512. The third-order valence-electron chi connectivity index (χ3n) is 3.30. The van der Waals surface area contributed by atoms with Gasteiger partial charge in [-0.2, -0.15) is 0 Å². The third-order valence-corrected chi connectivity index (χ3v) is 6.62. The quantitative estimate of drug-likeness (QED) is 0.842. The molecule has 2 aliphatic heterocycles. The third kappa shape index (κ3) is 3.01. The zero-order valence-electron chi connectivity index (χ0n) is 10.8. The standard InChI is InChI=1S/C13H16N2OS3/c1-9(19-13-14-4-7-18-13)12(16)15-5-2-11-10(8-15)3-6-17-11/h3,6,9H,2,4-5,7-8H2,1H3. The largest absolute Gasteiger partial charge is 0.337 e. The highest BCUT2D eigenvalue weighted by atomic mass is 32.2. The van der Waals surface area contributed by atoms with Crippen LogP contribution in [0.2, 0.25) is 0 Å². The molecule has 19 heavy (non-hydrogen) atoms. The Morgan fingerprint density at radius 1 is 1.58 bits per heavy atom. The van der Waals surface area contributed by atoms with Crippen LogP contribution in [0.4, 0.5) is 0 Å². The molecule has 1 aromatic rings. The van der Waals surface area contributed by atoms with Crippen molar-refractivity contribution >= 4 is 45.1 Å². The molecule has 0 aliphatic carbocycles. The van der Waals surface area contributed by atoms with Gasteiger partial charge in [-0.3, -0.25) is 9.79 Å². The van der Waals surface area contributed by atoms with Crippen LogP contribution in [0.3, 0.4) is 0 Å². The average molecular weight is 312 g/mol. The van der Waals surface area contributed by atoms with Gasteiger partial charge in [0.1, 0.15) is 4.38 Å². The first-order valence-electron chi connectivity index (χ1n) is 6.42. The fourth-order valence-electron chi connectivity index (χ4n) is 2.28. The lowest BCUT2D eigenvalue weighted by Gasteiger charge is -2.29. The second-order valence-corrected chi connectivity index (χ2v) is 8.31. The Morgan fingerprint density at radius 2 is 2.47 bits per heavy atom. The maximum Gasteiger partial charge on any atom is 0.236 e. The maximum atomic E-state index is 12.5. The SMILES string of the molecule is CC(SC1=NCCS1)C(=O)N1CCc2sccc2C1. The normalized spacial score (nSPS) is 20.1. The van der Waals surface area contributed by atoms with Gasteiger partial charge in [0, 0.05) is 23.7 Å². The van der Waals surface area contributed by atoms with Gasteiger partial charge < -0.3 is 4.90 Å². The molecular weight excluding hydrogens is 296 g/mol. The molecule has 0 N–H and O–H groups in total. The molecule has 0 aromatic carbocycles. The number of amides is 1. The summed E-state index contributed by atoms with van der Waals surface area (Å²) in [5, 5.41) is 2.10. The second-order valence-electron chi connectivity index (χ2n) is 4.63. The van der Waals surface area contributed by atoms with Gasteiger partial charge in [0.2, 0.25) is 5.91 Å². The van der Waals surface area contributed by atoms with Crippen molar-refractivity contribution in [3.05, 3.63) is 21.9 Å². The number of thioether (sulfide) groups is 2. The molecule has 0 fully saturated rings. The minimum absolute atomic E-state index is 0.0236. The molecule has 0 bridgehead atoms. The van der Waals surface area contributed by atoms with Crippen molar-refractivity contribution in [1.82, 2.24) is 4.90 Å². The molecule has 0 saturated carbocycles. The number of thiophene rings is 1. The predicted molar refractivity (Wildman–Crippen MR) is 85.3 cm³/mol. The average Bonchev–Trinajstić information content (AvgIpc) is 3.07. The molecule has 3 nitrogen and oxygen atoms in total. The van der Waals surface area contributed by atoms with E-state index in [1.165, 1.54) is 10.4 Å². The topological polar surface area (TPSA) is 32.7 Å². The Balaban J connectivity index is 1.61.